The predicted molar refractivity (Wildman–Crippen MR) is 67.0 cm³/mol. The van der Waals surface area contributed by atoms with Crippen LogP contribution in [0.15, 0.2) is 29.0 Å². The molecule has 1 aromatic carbocycles. The lowest BCUT2D eigenvalue weighted by Gasteiger charge is -2.07. The molecule has 0 saturated carbocycles. The van der Waals surface area contributed by atoms with E-state index in [9.17, 15) is 9.18 Å². The zero-order valence-electron chi connectivity index (χ0n) is 9.35. The molecular formula is C11H9BrFN3O2. The van der Waals surface area contributed by atoms with E-state index in [-0.39, 0.29) is 17.2 Å². The molecule has 0 radical (unpaired) electrons. The largest absolute Gasteiger partial charge is 0.464 e. The molecule has 1 heterocycles. The second-order valence-electron chi connectivity index (χ2n) is 3.44. The number of imidazole rings is 1. The second kappa shape index (κ2) is 4.77. The van der Waals surface area contributed by atoms with Crippen molar-refractivity contribution in [2.45, 2.75) is 0 Å². The van der Waals surface area contributed by atoms with Gasteiger partial charge in [-0.1, -0.05) is 15.9 Å². The number of carbonyl (C=O) groups is 1. The number of hydrogen-bond donors (Lipinski definition) is 1. The quantitative estimate of drug-likeness (QED) is 0.862. The molecule has 0 amide bonds. The van der Waals surface area contributed by atoms with Gasteiger partial charge in [0.25, 0.3) is 0 Å². The third-order valence-electron chi connectivity index (χ3n) is 2.35. The van der Waals surface area contributed by atoms with Crippen LogP contribution in [-0.4, -0.2) is 22.6 Å². The Labute approximate surface area is 111 Å². The van der Waals surface area contributed by atoms with E-state index in [1.807, 2.05) is 0 Å². The smallest absolute Gasteiger partial charge is 0.360 e. The first-order valence-corrected chi connectivity index (χ1v) is 5.70. The Hall–Kier alpha value is -1.89. The maximum Gasteiger partial charge on any atom is 0.360 e. The summed E-state index contributed by atoms with van der Waals surface area (Å²) in [5.41, 5.74) is 5.90. The van der Waals surface area contributed by atoms with E-state index < -0.39 is 11.8 Å². The van der Waals surface area contributed by atoms with E-state index in [1.54, 1.807) is 6.07 Å². The van der Waals surface area contributed by atoms with Gasteiger partial charge in [-0.3, -0.25) is 4.57 Å². The number of rotatable bonds is 2. The number of benzene rings is 1. The molecule has 2 rings (SSSR count). The molecule has 0 aliphatic carbocycles. The summed E-state index contributed by atoms with van der Waals surface area (Å²) in [5.74, 6) is -1.11. The van der Waals surface area contributed by atoms with Crippen molar-refractivity contribution < 1.29 is 13.9 Å². The Morgan fingerprint density at radius 3 is 2.94 bits per heavy atom. The van der Waals surface area contributed by atoms with Crippen LogP contribution in [0.25, 0.3) is 5.69 Å². The van der Waals surface area contributed by atoms with Crippen LogP contribution in [0.3, 0.4) is 0 Å². The van der Waals surface area contributed by atoms with Gasteiger partial charge in [0, 0.05) is 4.47 Å². The highest BCUT2D eigenvalue weighted by Crippen LogP contribution is 2.23. The molecule has 0 atom stereocenters. The maximum absolute atomic E-state index is 13.7. The lowest BCUT2D eigenvalue weighted by molar-refractivity contribution is 0.0596. The fourth-order valence-corrected chi connectivity index (χ4v) is 1.82. The van der Waals surface area contributed by atoms with Gasteiger partial charge in [0.15, 0.2) is 5.69 Å². The van der Waals surface area contributed by atoms with Crippen molar-refractivity contribution in [3.63, 3.8) is 0 Å². The summed E-state index contributed by atoms with van der Waals surface area (Å²) in [6.45, 7) is 0. The standard InChI is InChI=1S/C11H9BrFN3O2/c1-18-11(17)9-10(14)16(5-15-9)8-4-6(12)2-3-7(8)13/h2-5H,14H2,1H3. The summed E-state index contributed by atoms with van der Waals surface area (Å²) in [4.78, 5) is 15.2. The lowest BCUT2D eigenvalue weighted by Crippen LogP contribution is -2.08. The molecule has 2 N–H and O–H groups in total. The molecular weight excluding hydrogens is 305 g/mol. The molecule has 94 valence electrons. The van der Waals surface area contributed by atoms with Gasteiger partial charge in [0.05, 0.1) is 12.8 Å². The second-order valence-corrected chi connectivity index (χ2v) is 4.35. The first-order valence-electron chi connectivity index (χ1n) is 4.91. The summed E-state index contributed by atoms with van der Waals surface area (Å²) >= 11 is 3.23. The fourth-order valence-electron chi connectivity index (χ4n) is 1.47. The van der Waals surface area contributed by atoms with Crippen molar-refractivity contribution in [3.8, 4) is 5.69 Å². The number of nitrogens with zero attached hydrogens (tertiary/aromatic N) is 2. The summed E-state index contributed by atoms with van der Waals surface area (Å²) in [6.07, 6.45) is 1.27. The molecule has 0 bridgehead atoms. The Morgan fingerprint density at radius 1 is 1.56 bits per heavy atom. The SMILES string of the molecule is COC(=O)c1ncn(-c2cc(Br)ccc2F)c1N. The summed E-state index contributed by atoms with van der Waals surface area (Å²) < 4.78 is 20.2. The molecule has 7 heteroatoms. The van der Waals surface area contributed by atoms with E-state index in [2.05, 4.69) is 25.7 Å². The van der Waals surface area contributed by atoms with E-state index in [4.69, 9.17) is 5.73 Å². The van der Waals surface area contributed by atoms with Crippen LogP contribution >= 0.6 is 15.9 Å². The average Bonchev–Trinajstić information content (AvgIpc) is 2.73. The number of nitrogens with two attached hydrogens (primary N) is 1. The van der Waals surface area contributed by atoms with Crippen molar-refractivity contribution in [1.29, 1.82) is 0 Å². The highest BCUT2D eigenvalue weighted by molar-refractivity contribution is 9.10. The minimum Gasteiger partial charge on any atom is -0.464 e. The van der Waals surface area contributed by atoms with Crippen LogP contribution in [0.5, 0.6) is 0 Å². The molecule has 5 nitrogen and oxygen atoms in total. The first-order chi connectivity index (χ1) is 8.54. The zero-order chi connectivity index (χ0) is 13.3. The fraction of sp³-hybridized carbons (Fsp3) is 0.0909. The minimum absolute atomic E-state index is 0.0267. The minimum atomic E-state index is -0.665. The van der Waals surface area contributed by atoms with Gasteiger partial charge in [0.1, 0.15) is 18.0 Å². The van der Waals surface area contributed by atoms with Crippen molar-refractivity contribution in [3.05, 3.63) is 40.5 Å². The van der Waals surface area contributed by atoms with Crippen LogP contribution in [-0.2, 0) is 4.74 Å². The first kappa shape index (κ1) is 12.6. The third kappa shape index (κ3) is 2.08. The van der Waals surface area contributed by atoms with Crippen LogP contribution < -0.4 is 5.73 Å². The average molecular weight is 314 g/mol. The Balaban J connectivity index is 2.55. The zero-order valence-corrected chi connectivity index (χ0v) is 10.9. The number of esters is 1. The Kier molecular flexibility index (Phi) is 3.33. The Morgan fingerprint density at radius 2 is 2.28 bits per heavy atom. The van der Waals surface area contributed by atoms with Crippen LogP contribution in [0.2, 0.25) is 0 Å². The number of anilines is 1. The van der Waals surface area contributed by atoms with Crippen molar-refractivity contribution in [1.82, 2.24) is 9.55 Å². The van der Waals surface area contributed by atoms with Gasteiger partial charge >= 0.3 is 5.97 Å². The van der Waals surface area contributed by atoms with E-state index >= 15 is 0 Å². The van der Waals surface area contributed by atoms with Crippen molar-refractivity contribution in [2.75, 3.05) is 12.8 Å². The normalized spacial score (nSPS) is 10.4. The van der Waals surface area contributed by atoms with E-state index in [0.717, 1.165) is 0 Å². The summed E-state index contributed by atoms with van der Waals surface area (Å²) in [6, 6.07) is 4.39. The van der Waals surface area contributed by atoms with Crippen LogP contribution in [0.4, 0.5) is 10.2 Å². The van der Waals surface area contributed by atoms with Gasteiger partial charge in [-0.05, 0) is 18.2 Å². The lowest BCUT2D eigenvalue weighted by atomic mass is 10.3. The molecule has 0 aliphatic heterocycles. The third-order valence-corrected chi connectivity index (χ3v) is 2.84. The van der Waals surface area contributed by atoms with Gasteiger partial charge in [-0.25, -0.2) is 14.2 Å². The van der Waals surface area contributed by atoms with E-state index in [0.29, 0.717) is 4.47 Å². The number of halogens is 2. The molecule has 0 fully saturated rings. The number of methoxy groups -OCH3 is 1. The molecule has 0 unspecified atom stereocenters. The number of carbonyl (C=O) groups excluding carboxylic acids is 1. The molecule has 18 heavy (non-hydrogen) atoms. The Bertz CT molecular complexity index is 612. The number of nitrogen functional groups attached to an aromatic ring is 1. The predicted octanol–water partition coefficient (Wildman–Crippen LogP) is 2.14. The number of ether oxygens (including phenoxy) is 1. The molecule has 0 saturated heterocycles. The highest BCUT2D eigenvalue weighted by atomic mass is 79.9. The van der Waals surface area contributed by atoms with E-state index in [1.165, 1.54) is 30.1 Å². The topological polar surface area (TPSA) is 70.1 Å². The van der Waals surface area contributed by atoms with Crippen LogP contribution in [0.1, 0.15) is 10.5 Å². The maximum atomic E-state index is 13.7. The molecule has 0 spiro atoms. The van der Waals surface area contributed by atoms with Gasteiger partial charge in [-0.15, -0.1) is 0 Å². The molecule has 2 aromatic rings. The number of aromatic nitrogens is 2. The van der Waals surface area contributed by atoms with Gasteiger partial charge < -0.3 is 10.5 Å². The van der Waals surface area contributed by atoms with Crippen molar-refractivity contribution >= 4 is 27.7 Å². The summed E-state index contributed by atoms with van der Waals surface area (Å²) in [5, 5.41) is 0. The molecule has 0 aliphatic rings. The number of hydrogen-bond acceptors (Lipinski definition) is 4. The van der Waals surface area contributed by atoms with Gasteiger partial charge in [-0.2, -0.15) is 0 Å². The van der Waals surface area contributed by atoms with Crippen molar-refractivity contribution in [2.24, 2.45) is 0 Å². The monoisotopic (exact) mass is 313 g/mol. The summed E-state index contributed by atoms with van der Waals surface area (Å²) in [7, 11) is 1.22. The van der Waals surface area contributed by atoms with Gasteiger partial charge in [0.2, 0.25) is 0 Å². The molecule has 1 aromatic heterocycles. The van der Waals surface area contributed by atoms with Crippen LogP contribution in [0, 0.1) is 5.82 Å². The highest BCUT2D eigenvalue weighted by Gasteiger charge is 2.18.